The molecule has 0 saturated carbocycles. The van der Waals surface area contributed by atoms with Crippen LogP contribution in [0.1, 0.15) is 11.3 Å². The molecule has 104 valence electrons. The van der Waals surface area contributed by atoms with Gasteiger partial charge in [-0.1, -0.05) is 11.2 Å². The maximum Gasteiger partial charge on any atom is 0.258 e. The van der Waals surface area contributed by atoms with Crippen molar-refractivity contribution in [3.8, 4) is 23.0 Å². The monoisotopic (exact) mass is 278 g/mol. The number of hydrogen-bond donors (Lipinski definition) is 1. The second kappa shape index (κ2) is 4.70. The third-order valence-electron chi connectivity index (χ3n) is 3.61. The van der Waals surface area contributed by atoms with Gasteiger partial charge in [0.25, 0.3) is 5.89 Å². The lowest BCUT2D eigenvalue weighted by Gasteiger charge is -2.00. The highest BCUT2D eigenvalue weighted by Crippen LogP contribution is 2.28. The molecule has 1 N–H and O–H groups in total. The van der Waals surface area contributed by atoms with Gasteiger partial charge in [0.1, 0.15) is 5.69 Å². The summed E-state index contributed by atoms with van der Waals surface area (Å²) in [6.07, 6.45) is 1.03. The van der Waals surface area contributed by atoms with E-state index in [9.17, 15) is 0 Å². The summed E-state index contributed by atoms with van der Waals surface area (Å²) >= 11 is 0. The fraction of sp³-hybridized carbons (Fsp3) is 0.188. The molecule has 0 atom stereocenters. The first kappa shape index (κ1) is 12.1. The highest BCUT2D eigenvalue weighted by atomic mass is 16.5. The molecule has 5 heteroatoms. The molecule has 0 amide bonds. The van der Waals surface area contributed by atoms with E-state index in [0.717, 1.165) is 29.9 Å². The first-order valence-electron chi connectivity index (χ1n) is 6.94. The van der Waals surface area contributed by atoms with Crippen LogP contribution in [0, 0.1) is 6.92 Å². The minimum atomic E-state index is 0.521. The van der Waals surface area contributed by atoms with Crippen LogP contribution in [0.5, 0.6) is 0 Å². The molecule has 0 saturated heterocycles. The molecule has 0 unspecified atom stereocenters. The van der Waals surface area contributed by atoms with E-state index in [0.29, 0.717) is 11.7 Å². The van der Waals surface area contributed by atoms with Crippen LogP contribution in [0.15, 0.2) is 40.9 Å². The number of nitrogens with zero attached hydrogens (tertiary/aromatic N) is 3. The lowest BCUT2D eigenvalue weighted by atomic mass is 10.1. The van der Waals surface area contributed by atoms with Gasteiger partial charge < -0.3 is 9.84 Å². The highest BCUT2D eigenvalue weighted by molar-refractivity contribution is 5.66. The Morgan fingerprint density at radius 3 is 3.00 bits per heavy atom. The van der Waals surface area contributed by atoms with Crippen molar-refractivity contribution in [3.05, 3.63) is 47.7 Å². The molecule has 3 heterocycles. The molecular weight excluding hydrogens is 264 g/mol. The van der Waals surface area contributed by atoms with Gasteiger partial charge >= 0.3 is 0 Å². The third kappa shape index (κ3) is 2.16. The van der Waals surface area contributed by atoms with Crippen molar-refractivity contribution in [2.75, 3.05) is 11.9 Å². The van der Waals surface area contributed by atoms with Crippen LogP contribution in [0.2, 0.25) is 0 Å². The number of rotatable bonds is 2. The van der Waals surface area contributed by atoms with Crippen LogP contribution in [0.3, 0.4) is 0 Å². The van der Waals surface area contributed by atoms with Crippen molar-refractivity contribution >= 4 is 5.69 Å². The first-order valence-corrected chi connectivity index (χ1v) is 6.94. The molecule has 2 aromatic heterocycles. The first-order chi connectivity index (χ1) is 10.3. The molecule has 21 heavy (non-hydrogen) atoms. The molecule has 0 bridgehead atoms. The van der Waals surface area contributed by atoms with Gasteiger partial charge in [0.15, 0.2) is 0 Å². The van der Waals surface area contributed by atoms with E-state index in [4.69, 9.17) is 4.52 Å². The van der Waals surface area contributed by atoms with E-state index in [1.807, 2.05) is 31.2 Å². The van der Waals surface area contributed by atoms with Gasteiger partial charge in [-0.05, 0) is 49.2 Å². The number of fused-ring (bicyclic) bond motifs is 1. The number of anilines is 1. The number of benzene rings is 1. The van der Waals surface area contributed by atoms with Gasteiger partial charge in [-0.25, -0.2) is 4.98 Å². The van der Waals surface area contributed by atoms with Crippen LogP contribution in [-0.2, 0) is 6.42 Å². The van der Waals surface area contributed by atoms with E-state index < -0.39 is 0 Å². The molecule has 0 aliphatic carbocycles. The number of nitrogens with one attached hydrogen (secondary N) is 1. The van der Waals surface area contributed by atoms with Crippen molar-refractivity contribution in [1.82, 2.24) is 15.1 Å². The fourth-order valence-electron chi connectivity index (χ4n) is 2.55. The Hall–Kier alpha value is -2.69. The van der Waals surface area contributed by atoms with Crippen molar-refractivity contribution in [1.29, 1.82) is 0 Å². The third-order valence-corrected chi connectivity index (χ3v) is 3.61. The van der Waals surface area contributed by atoms with Crippen LogP contribution < -0.4 is 5.32 Å². The second-order valence-electron chi connectivity index (χ2n) is 5.14. The van der Waals surface area contributed by atoms with Crippen LogP contribution >= 0.6 is 0 Å². The summed E-state index contributed by atoms with van der Waals surface area (Å²) in [5.74, 6) is 1.05. The van der Waals surface area contributed by atoms with Crippen molar-refractivity contribution in [3.63, 3.8) is 0 Å². The number of aryl methyl sites for hydroxylation is 1. The zero-order chi connectivity index (χ0) is 14.2. The summed E-state index contributed by atoms with van der Waals surface area (Å²) in [5.41, 5.74) is 5.10. The Morgan fingerprint density at radius 2 is 2.10 bits per heavy atom. The normalized spacial score (nSPS) is 13.0. The van der Waals surface area contributed by atoms with Gasteiger partial charge in [0.05, 0.1) is 0 Å². The molecule has 1 aromatic carbocycles. The smallest absolute Gasteiger partial charge is 0.258 e. The quantitative estimate of drug-likeness (QED) is 0.780. The lowest BCUT2D eigenvalue weighted by molar-refractivity contribution is 0.432. The Morgan fingerprint density at radius 1 is 1.14 bits per heavy atom. The summed E-state index contributed by atoms with van der Waals surface area (Å²) in [7, 11) is 0. The van der Waals surface area contributed by atoms with Gasteiger partial charge in [0.2, 0.25) is 5.82 Å². The zero-order valence-corrected chi connectivity index (χ0v) is 11.6. The summed E-state index contributed by atoms with van der Waals surface area (Å²) in [4.78, 5) is 8.87. The average Bonchev–Trinajstić information content (AvgIpc) is 3.15. The highest BCUT2D eigenvalue weighted by Gasteiger charge is 2.15. The molecule has 4 rings (SSSR count). The van der Waals surface area contributed by atoms with E-state index in [2.05, 4.69) is 32.6 Å². The zero-order valence-electron chi connectivity index (χ0n) is 11.6. The van der Waals surface area contributed by atoms with Crippen molar-refractivity contribution < 1.29 is 4.52 Å². The molecule has 0 fully saturated rings. The van der Waals surface area contributed by atoms with Gasteiger partial charge in [0, 0.05) is 23.5 Å². The van der Waals surface area contributed by atoms with Crippen LogP contribution in [-0.4, -0.2) is 21.7 Å². The van der Waals surface area contributed by atoms with E-state index in [1.165, 1.54) is 11.3 Å². The number of pyridine rings is 1. The molecule has 5 nitrogen and oxygen atoms in total. The minimum Gasteiger partial charge on any atom is -0.384 e. The van der Waals surface area contributed by atoms with E-state index in [-0.39, 0.29) is 0 Å². The van der Waals surface area contributed by atoms with Crippen LogP contribution in [0.4, 0.5) is 5.69 Å². The predicted molar refractivity (Wildman–Crippen MR) is 79.9 cm³/mol. The summed E-state index contributed by atoms with van der Waals surface area (Å²) in [6, 6.07) is 11.9. The fourth-order valence-corrected chi connectivity index (χ4v) is 2.55. The average molecular weight is 278 g/mol. The largest absolute Gasteiger partial charge is 0.384 e. The Balaban J connectivity index is 1.71. The molecular formula is C16H14N4O. The lowest BCUT2D eigenvalue weighted by Crippen LogP contribution is -1.90. The Bertz CT molecular complexity index is 810. The molecule has 3 aromatic rings. The SMILES string of the molecule is Cc1cccc(-c2noc(-c3ccc4c(c3)CCN4)n2)n1. The van der Waals surface area contributed by atoms with E-state index >= 15 is 0 Å². The van der Waals surface area contributed by atoms with Gasteiger partial charge in [-0.3, -0.25) is 0 Å². The van der Waals surface area contributed by atoms with Gasteiger partial charge in [-0.15, -0.1) is 0 Å². The standard InChI is InChI=1S/C16H14N4O/c1-10-3-2-4-14(18-10)15-19-16(21-20-15)12-5-6-13-11(9-12)7-8-17-13/h2-6,9,17H,7-8H2,1H3. The van der Waals surface area contributed by atoms with Gasteiger partial charge in [-0.2, -0.15) is 4.98 Å². The number of hydrogen-bond acceptors (Lipinski definition) is 5. The maximum absolute atomic E-state index is 5.38. The molecule has 1 aliphatic heterocycles. The summed E-state index contributed by atoms with van der Waals surface area (Å²) < 4.78 is 5.38. The van der Waals surface area contributed by atoms with Crippen molar-refractivity contribution in [2.45, 2.75) is 13.3 Å². The van der Waals surface area contributed by atoms with Crippen molar-refractivity contribution in [2.24, 2.45) is 0 Å². The second-order valence-corrected chi connectivity index (χ2v) is 5.14. The topological polar surface area (TPSA) is 63.8 Å². The Labute approximate surface area is 122 Å². The summed E-state index contributed by atoms with van der Waals surface area (Å²) in [5, 5.41) is 7.37. The summed E-state index contributed by atoms with van der Waals surface area (Å²) in [6.45, 7) is 2.93. The Kier molecular flexibility index (Phi) is 2.70. The minimum absolute atomic E-state index is 0.521. The maximum atomic E-state index is 5.38. The predicted octanol–water partition coefficient (Wildman–Crippen LogP) is 3.08. The molecule has 1 aliphatic rings. The molecule has 0 radical (unpaired) electrons. The van der Waals surface area contributed by atoms with Crippen LogP contribution in [0.25, 0.3) is 23.0 Å². The number of aromatic nitrogens is 3. The van der Waals surface area contributed by atoms with E-state index in [1.54, 1.807) is 0 Å². The molecule has 0 spiro atoms.